The summed E-state index contributed by atoms with van der Waals surface area (Å²) in [4.78, 5) is 28.4. The maximum atomic E-state index is 12.7. The Morgan fingerprint density at radius 2 is 2.24 bits per heavy atom. The zero-order valence-electron chi connectivity index (χ0n) is 15.8. The SMILES string of the molecule is Cc1oc2ccc(OC3CCc4ncccc43)cc2c1C(=O)N[C@@H](CO)C(N)=O. The summed E-state index contributed by atoms with van der Waals surface area (Å²) in [6.07, 6.45) is 3.36. The number of pyridine rings is 1. The number of nitrogens with two attached hydrogens (primary N) is 1. The predicted octanol–water partition coefficient (Wildman–Crippen LogP) is 1.78. The molecule has 1 aromatic carbocycles. The van der Waals surface area contributed by atoms with E-state index in [-0.39, 0.29) is 11.7 Å². The number of primary amides is 1. The van der Waals surface area contributed by atoms with Gasteiger partial charge in [-0.05, 0) is 44.0 Å². The smallest absolute Gasteiger partial charge is 0.256 e. The summed E-state index contributed by atoms with van der Waals surface area (Å²) in [5, 5.41) is 12.2. The number of benzene rings is 1. The first-order valence-corrected chi connectivity index (χ1v) is 9.32. The number of carbonyl (C=O) groups is 2. The number of carbonyl (C=O) groups excluding carboxylic acids is 2. The van der Waals surface area contributed by atoms with Crippen LogP contribution in [0.3, 0.4) is 0 Å². The Morgan fingerprint density at radius 1 is 1.41 bits per heavy atom. The van der Waals surface area contributed by atoms with Gasteiger partial charge in [-0.1, -0.05) is 6.07 Å². The lowest BCUT2D eigenvalue weighted by atomic mass is 10.1. The highest BCUT2D eigenvalue weighted by molar-refractivity contribution is 6.08. The number of hydrogen-bond donors (Lipinski definition) is 3. The van der Waals surface area contributed by atoms with Crippen molar-refractivity contribution >= 4 is 22.8 Å². The van der Waals surface area contributed by atoms with Gasteiger partial charge < -0.3 is 25.3 Å². The highest BCUT2D eigenvalue weighted by atomic mass is 16.5. The number of nitrogens with one attached hydrogen (secondary N) is 1. The van der Waals surface area contributed by atoms with E-state index in [9.17, 15) is 14.7 Å². The molecule has 29 heavy (non-hydrogen) atoms. The summed E-state index contributed by atoms with van der Waals surface area (Å²) in [5.41, 5.74) is 8.10. The molecule has 0 spiro atoms. The van der Waals surface area contributed by atoms with Crippen LogP contribution in [0.25, 0.3) is 11.0 Å². The number of furan rings is 1. The Bertz CT molecular complexity index is 1090. The molecule has 3 aromatic rings. The van der Waals surface area contributed by atoms with Crippen molar-refractivity contribution in [1.29, 1.82) is 0 Å². The number of hydrogen-bond acceptors (Lipinski definition) is 6. The van der Waals surface area contributed by atoms with Crippen molar-refractivity contribution in [3.05, 3.63) is 59.1 Å². The van der Waals surface area contributed by atoms with Crippen LogP contribution in [0.5, 0.6) is 5.75 Å². The van der Waals surface area contributed by atoms with E-state index in [1.54, 1.807) is 31.3 Å². The molecule has 1 aliphatic carbocycles. The second-order valence-corrected chi connectivity index (χ2v) is 6.99. The zero-order chi connectivity index (χ0) is 20.5. The molecule has 2 aromatic heterocycles. The molecular formula is C21H21N3O5. The summed E-state index contributed by atoms with van der Waals surface area (Å²) in [7, 11) is 0. The fourth-order valence-electron chi connectivity index (χ4n) is 3.65. The lowest BCUT2D eigenvalue weighted by Crippen LogP contribution is -2.46. The second-order valence-electron chi connectivity index (χ2n) is 6.99. The van der Waals surface area contributed by atoms with Crippen LogP contribution in [0.1, 0.15) is 39.9 Å². The third-order valence-electron chi connectivity index (χ3n) is 5.09. The van der Waals surface area contributed by atoms with Crippen LogP contribution in [0.4, 0.5) is 0 Å². The maximum absolute atomic E-state index is 12.7. The van der Waals surface area contributed by atoms with Crippen LogP contribution in [0.2, 0.25) is 0 Å². The van der Waals surface area contributed by atoms with Crippen molar-refractivity contribution in [3.63, 3.8) is 0 Å². The topological polar surface area (TPSA) is 128 Å². The fraction of sp³-hybridized carbons (Fsp3) is 0.286. The van der Waals surface area contributed by atoms with E-state index in [4.69, 9.17) is 14.9 Å². The molecule has 4 N–H and O–H groups in total. The molecule has 2 heterocycles. The van der Waals surface area contributed by atoms with Crippen LogP contribution in [0, 0.1) is 6.92 Å². The van der Waals surface area contributed by atoms with E-state index >= 15 is 0 Å². The Labute approximate surface area is 166 Å². The van der Waals surface area contributed by atoms with Gasteiger partial charge in [-0.25, -0.2) is 0 Å². The average molecular weight is 395 g/mol. The lowest BCUT2D eigenvalue weighted by molar-refractivity contribution is -0.120. The molecule has 0 saturated heterocycles. The van der Waals surface area contributed by atoms with Gasteiger partial charge in [0.15, 0.2) is 0 Å². The average Bonchev–Trinajstić information content (AvgIpc) is 3.25. The Morgan fingerprint density at radius 3 is 3.00 bits per heavy atom. The first-order chi connectivity index (χ1) is 14.0. The number of rotatable bonds is 6. The number of nitrogens with zero attached hydrogens (tertiary/aromatic N) is 1. The minimum absolute atomic E-state index is 0.102. The molecule has 0 bridgehead atoms. The molecule has 150 valence electrons. The fourth-order valence-corrected chi connectivity index (χ4v) is 3.65. The summed E-state index contributed by atoms with van der Waals surface area (Å²) in [6.45, 7) is 1.08. The number of ether oxygens (including phenoxy) is 1. The van der Waals surface area contributed by atoms with Crippen LogP contribution in [-0.4, -0.2) is 34.6 Å². The number of fused-ring (bicyclic) bond motifs is 2. The monoisotopic (exact) mass is 395 g/mol. The quantitative estimate of drug-likeness (QED) is 0.584. The van der Waals surface area contributed by atoms with E-state index in [1.165, 1.54) is 0 Å². The Kier molecular flexibility index (Phi) is 4.94. The second kappa shape index (κ2) is 7.56. The molecule has 1 unspecified atom stereocenters. The van der Waals surface area contributed by atoms with Gasteiger partial charge in [-0.3, -0.25) is 14.6 Å². The molecule has 8 nitrogen and oxygen atoms in total. The molecule has 0 saturated carbocycles. The summed E-state index contributed by atoms with van der Waals surface area (Å²) >= 11 is 0. The minimum atomic E-state index is -1.17. The Hall–Kier alpha value is -3.39. The third-order valence-corrected chi connectivity index (χ3v) is 5.09. The van der Waals surface area contributed by atoms with Crippen molar-refractivity contribution in [1.82, 2.24) is 10.3 Å². The summed E-state index contributed by atoms with van der Waals surface area (Å²) in [5.74, 6) is -0.371. The van der Waals surface area contributed by atoms with Crippen LogP contribution in [0.15, 0.2) is 40.9 Å². The third kappa shape index (κ3) is 3.54. The van der Waals surface area contributed by atoms with Crippen molar-refractivity contribution in [3.8, 4) is 5.75 Å². The molecule has 2 amide bonds. The van der Waals surface area contributed by atoms with Gasteiger partial charge in [-0.15, -0.1) is 0 Å². The van der Waals surface area contributed by atoms with Crippen molar-refractivity contribution in [2.75, 3.05) is 6.61 Å². The lowest BCUT2D eigenvalue weighted by Gasteiger charge is -2.15. The number of aliphatic hydroxyl groups excluding tert-OH is 1. The van der Waals surface area contributed by atoms with Gasteiger partial charge >= 0.3 is 0 Å². The minimum Gasteiger partial charge on any atom is -0.486 e. The Balaban J connectivity index is 1.63. The largest absolute Gasteiger partial charge is 0.486 e. The molecule has 0 aliphatic heterocycles. The molecule has 0 radical (unpaired) electrons. The standard InChI is InChI=1S/C21H21N3O5/c1-11-19(21(27)24-16(10-25)20(22)26)14-9-12(4-6-18(14)28-11)29-17-7-5-15-13(17)3-2-8-23-15/h2-4,6,8-9,16-17,25H,5,7,10H2,1H3,(H2,22,26)(H,24,27)/t16-,17?/m0/s1. The number of aryl methyl sites for hydroxylation is 2. The van der Waals surface area contributed by atoms with Crippen molar-refractivity contribution < 1.29 is 23.8 Å². The van der Waals surface area contributed by atoms with Crippen LogP contribution >= 0.6 is 0 Å². The molecule has 0 fully saturated rings. The van der Waals surface area contributed by atoms with Gasteiger partial charge in [0.25, 0.3) is 5.91 Å². The molecule has 1 aliphatic rings. The summed E-state index contributed by atoms with van der Waals surface area (Å²) < 4.78 is 11.8. The zero-order valence-corrected chi connectivity index (χ0v) is 15.8. The van der Waals surface area contributed by atoms with Crippen LogP contribution < -0.4 is 15.8 Å². The normalized spacial score (nSPS) is 16.4. The van der Waals surface area contributed by atoms with Gasteiger partial charge in [-0.2, -0.15) is 0 Å². The van der Waals surface area contributed by atoms with Gasteiger partial charge in [0.2, 0.25) is 5.91 Å². The van der Waals surface area contributed by atoms with Gasteiger partial charge in [0, 0.05) is 22.8 Å². The maximum Gasteiger partial charge on any atom is 0.256 e. The molecule has 8 heteroatoms. The van der Waals surface area contributed by atoms with E-state index in [0.29, 0.717) is 22.5 Å². The first-order valence-electron chi connectivity index (χ1n) is 9.32. The highest BCUT2D eigenvalue weighted by Crippen LogP contribution is 2.36. The van der Waals surface area contributed by atoms with E-state index in [2.05, 4.69) is 10.3 Å². The number of aliphatic hydroxyl groups is 1. The molecular weight excluding hydrogens is 374 g/mol. The van der Waals surface area contributed by atoms with E-state index in [1.807, 2.05) is 12.1 Å². The first kappa shape index (κ1) is 18.9. The van der Waals surface area contributed by atoms with Crippen molar-refractivity contribution in [2.24, 2.45) is 5.73 Å². The van der Waals surface area contributed by atoms with Gasteiger partial charge in [0.05, 0.1) is 12.2 Å². The summed E-state index contributed by atoms with van der Waals surface area (Å²) in [6, 6.07) is 8.01. The van der Waals surface area contributed by atoms with E-state index in [0.717, 1.165) is 24.1 Å². The number of amides is 2. The molecule has 2 atom stereocenters. The van der Waals surface area contributed by atoms with E-state index < -0.39 is 24.5 Å². The number of aromatic nitrogens is 1. The van der Waals surface area contributed by atoms with Crippen molar-refractivity contribution in [2.45, 2.75) is 31.9 Å². The highest BCUT2D eigenvalue weighted by Gasteiger charge is 2.26. The predicted molar refractivity (Wildman–Crippen MR) is 104 cm³/mol. The van der Waals surface area contributed by atoms with Gasteiger partial charge in [0.1, 0.15) is 29.2 Å². The van der Waals surface area contributed by atoms with Crippen LogP contribution in [-0.2, 0) is 11.2 Å². The molecule has 4 rings (SSSR count).